The second-order valence-electron chi connectivity index (χ2n) is 5.99. The quantitative estimate of drug-likeness (QED) is 0.248. The maximum atomic E-state index is 12.8. The third-order valence-corrected chi connectivity index (χ3v) is 4.72. The highest BCUT2D eigenvalue weighted by atomic mass is 32.2. The summed E-state index contributed by atoms with van der Waals surface area (Å²) in [6, 6.07) is 5.48. The van der Waals surface area contributed by atoms with Crippen molar-refractivity contribution >= 4 is 23.3 Å². The lowest BCUT2D eigenvalue weighted by Crippen LogP contribution is -2.22. The molecule has 0 radical (unpaired) electrons. The van der Waals surface area contributed by atoms with Crippen LogP contribution < -0.4 is 0 Å². The molecule has 1 rings (SSSR count). The van der Waals surface area contributed by atoms with Crippen molar-refractivity contribution in [1.82, 2.24) is 0 Å². The summed E-state index contributed by atoms with van der Waals surface area (Å²) in [5.41, 5.74) is -5.33. The van der Waals surface area contributed by atoms with E-state index >= 15 is 0 Å². The number of nitriles is 1. The molecule has 0 saturated carbocycles. The van der Waals surface area contributed by atoms with Gasteiger partial charge in [-0.2, -0.15) is 31.6 Å². The third kappa shape index (κ3) is 8.31. The van der Waals surface area contributed by atoms with E-state index in [4.69, 9.17) is 5.26 Å². The van der Waals surface area contributed by atoms with Gasteiger partial charge in [-0.3, -0.25) is 9.59 Å². The lowest BCUT2D eigenvalue weighted by atomic mass is 10.0. The summed E-state index contributed by atoms with van der Waals surface area (Å²) < 4.78 is 75.6. The number of alkyl halides is 6. The molecule has 0 aliphatic rings. The van der Waals surface area contributed by atoms with Crippen molar-refractivity contribution in [3.63, 3.8) is 0 Å². The molecule has 1 aromatic carbocycles. The second-order valence-corrected chi connectivity index (χ2v) is 7.15. The fourth-order valence-corrected chi connectivity index (χ4v) is 3.11. The predicted octanol–water partition coefficient (Wildman–Crippen LogP) is 6.62. The van der Waals surface area contributed by atoms with Crippen LogP contribution in [0.15, 0.2) is 34.7 Å². The average molecular weight is 437 g/mol. The first-order chi connectivity index (χ1) is 13.4. The molecule has 0 atom stereocenters. The Hall–Kier alpha value is -2.28. The fourth-order valence-electron chi connectivity index (χ4n) is 2.36. The molecule has 0 N–H and O–H groups in total. The van der Waals surface area contributed by atoms with Crippen LogP contribution >= 0.6 is 11.8 Å². The van der Waals surface area contributed by atoms with Crippen LogP contribution in [0, 0.1) is 11.3 Å². The van der Waals surface area contributed by atoms with Gasteiger partial charge in [-0.25, -0.2) is 0 Å². The van der Waals surface area contributed by atoms with E-state index in [0.717, 1.165) is 24.3 Å². The number of hydrogen-bond acceptors (Lipinski definition) is 4. The zero-order valence-corrected chi connectivity index (χ0v) is 16.1. The van der Waals surface area contributed by atoms with Crippen LogP contribution in [0.1, 0.15) is 59.7 Å². The number of benzene rings is 1. The van der Waals surface area contributed by atoms with E-state index in [9.17, 15) is 35.9 Å². The first-order valence-corrected chi connectivity index (χ1v) is 9.33. The Morgan fingerprint density at radius 1 is 0.966 bits per heavy atom. The molecule has 0 bridgehead atoms. The molecule has 29 heavy (non-hydrogen) atoms. The maximum Gasteiger partial charge on any atom is 0.454 e. The molecule has 0 aliphatic heterocycles. The topological polar surface area (TPSA) is 57.9 Å². The SMILES string of the molecule is CCCC/C(C#N)=C(/CCC(=O)c1ccc(C(=O)C(F)(F)F)cc1)SC(F)(F)F. The minimum Gasteiger partial charge on any atom is -0.294 e. The van der Waals surface area contributed by atoms with Gasteiger partial charge >= 0.3 is 11.7 Å². The monoisotopic (exact) mass is 437 g/mol. The van der Waals surface area contributed by atoms with Crippen LogP contribution in [0.4, 0.5) is 26.3 Å². The van der Waals surface area contributed by atoms with E-state index in [-0.39, 0.29) is 35.3 Å². The molecule has 0 saturated heterocycles. The van der Waals surface area contributed by atoms with Crippen LogP contribution in [0.25, 0.3) is 0 Å². The molecular formula is C19H17F6NO2S. The van der Waals surface area contributed by atoms with Crippen LogP contribution in [0.3, 0.4) is 0 Å². The molecule has 3 nitrogen and oxygen atoms in total. The molecule has 10 heteroatoms. The highest BCUT2D eigenvalue weighted by molar-refractivity contribution is 8.03. The second kappa shape index (κ2) is 10.5. The van der Waals surface area contributed by atoms with Gasteiger partial charge in [0.25, 0.3) is 5.78 Å². The number of nitrogens with zero attached hydrogens (tertiary/aromatic N) is 1. The smallest absolute Gasteiger partial charge is 0.294 e. The van der Waals surface area contributed by atoms with Gasteiger partial charge in [0.15, 0.2) is 5.78 Å². The summed E-state index contributed by atoms with van der Waals surface area (Å²) in [5.74, 6) is -2.66. The summed E-state index contributed by atoms with van der Waals surface area (Å²) in [7, 11) is 0. The molecule has 0 aliphatic carbocycles. The van der Waals surface area contributed by atoms with E-state index in [0.29, 0.717) is 12.8 Å². The van der Waals surface area contributed by atoms with Crippen molar-refractivity contribution in [3.05, 3.63) is 45.9 Å². The Kier molecular flexibility index (Phi) is 8.95. The zero-order valence-electron chi connectivity index (χ0n) is 15.3. The summed E-state index contributed by atoms with van der Waals surface area (Å²) >= 11 is -0.434. The van der Waals surface area contributed by atoms with Crippen molar-refractivity contribution in [2.75, 3.05) is 0 Å². The number of halogens is 6. The molecule has 0 spiro atoms. The van der Waals surface area contributed by atoms with Gasteiger partial charge in [0.1, 0.15) is 0 Å². The summed E-state index contributed by atoms with van der Waals surface area (Å²) in [5, 5.41) is 9.15. The number of thioether (sulfide) groups is 1. The van der Waals surface area contributed by atoms with Gasteiger partial charge < -0.3 is 0 Å². The third-order valence-electron chi connectivity index (χ3n) is 3.80. The molecule has 0 unspecified atom stereocenters. The van der Waals surface area contributed by atoms with Gasteiger partial charge in [-0.1, -0.05) is 37.6 Å². The molecular weight excluding hydrogens is 420 g/mol. The van der Waals surface area contributed by atoms with E-state index in [1.165, 1.54) is 0 Å². The van der Waals surface area contributed by atoms with E-state index < -0.39 is 40.6 Å². The van der Waals surface area contributed by atoms with Gasteiger partial charge in [-0.05, 0) is 31.0 Å². The summed E-state index contributed by atoms with van der Waals surface area (Å²) in [6.07, 6.45) is -4.37. The Morgan fingerprint density at radius 2 is 1.52 bits per heavy atom. The highest BCUT2D eigenvalue weighted by Gasteiger charge is 2.39. The number of hydrogen-bond donors (Lipinski definition) is 0. The van der Waals surface area contributed by atoms with Crippen LogP contribution in [0.2, 0.25) is 0 Å². The lowest BCUT2D eigenvalue weighted by molar-refractivity contribution is -0.0885. The number of carbonyl (C=O) groups excluding carboxylic acids is 2. The van der Waals surface area contributed by atoms with Crippen LogP contribution in [0.5, 0.6) is 0 Å². The van der Waals surface area contributed by atoms with Crippen molar-refractivity contribution in [2.24, 2.45) is 0 Å². The molecule has 0 heterocycles. The standard InChI is InChI=1S/C19H17F6NO2S/c1-2-3-4-14(11-26)16(29-19(23,24)25)10-9-15(27)12-5-7-13(8-6-12)17(28)18(20,21)22/h5-8H,2-4,9-10H2,1H3/b16-14+. The van der Waals surface area contributed by atoms with Crippen LogP contribution in [-0.4, -0.2) is 23.3 Å². The minimum atomic E-state index is -5.05. The number of unbranched alkanes of at least 4 members (excludes halogenated alkanes) is 1. The van der Waals surface area contributed by atoms with E-state index in [2.05, 4.69) is 0 Å². The van der Waals surface area contributed by atoms with E-state index in [1.54, 1.807) is 6.07 Å². The van der Waals surface area contributed by atoms with Gasteiger partial charge in [0.2, 0.25) is 0 Å². The molecule has 0 fully saturated rings. The Balaban J connectivity index is 2.94. The summed E-state index contributed by atoms with van der Waals surface area (Å²) in [6.45, 7) is 1.82. The largest absolute Gasteiger partial charge is 0.454 e. The number of ketones is 2. The Labute approximate surface area is 167 Å². The first-order valence-electron chi connectivity index (χ1n) is 8.51. The van der Waals surface area contributed by atoms with Crippen molar-refractivity contribution in [3.8, 4) is 6.07 Å². The van der Waals surface area contributed by atoms with Crippen molar-refractivity contribution < 1.29 is 35.9 Å². The highest BCUT2D eigenvalue weighted by Crippen LogP contribution is 2.40. The number of rotatable bonds is 9. The van der Waals surface area contributed by atoms with Gasteiger partial charge in [-0.15, -0.1) is 0 Å². The summed E-state index contributed by atoms with van der Waals surface area (Å²) in [4.78, 5) is 23.1. The first kappa shape index (κ1) is 24.8. The number of allylic oxidation sites excluding steroid dienone is 2. The maximum absolute atomic E-state index is 12.8. The number of Topliss-reactive ketones (excluding diaryl/α,β-unsaturated/α-hetero) is 2. The molecule has 158 valence electrons. The number of carbonyl (C=O) groups is 2. The minimum absolute atomic E-state index is 0.0342. The predicted molar refractivity (Wildman–Crippen MR) is 96.2 cm³/mol. The fraction of sp³-hybridized carbons (Fsp3) is 0.421. The average Bonchev–Trinajstić information content (AvgIpc) is 2.63. The zero-order chi connectivity index (χ0) is 22.2. The lowest BCUT2D eigenvalue weighted by Gasteiger charge is -2.12. The Morgan fingerprint density at radius 3 is 1.97 bits per heavy atom. The molecule has 0 aromatic heterocycles. The van der Waals surface area contributed by atoms with Crippen molar-refractivity contribution in [1.29, 1.82) is 5.26 Å². The van der Waals surface area contributed by atoms with E-state index in [1.807, 2.05) is 6.92 Å². The Bertz CT molecular complexity index is 804. The molecule has 0 amide bonds. The van der Waals surface area contributed by atoms with Crippen LogP contribution in [-0.2, 0) is 0 Å². The molecule has 1 aromatic rings. The van der Waals surface area contributed by atoms with Crippen molar-refractivity contribution in [2.45, 2.75) is 50.7 Å². The van der Waals surface area contributed by atoms with Gasteiger partial charge in [0.05, 0.1) is 6.07 Å². The normalized spacial score (nSPS) is 12.9. The van der Waals surface area contributed by atoms with Gasteiger partial charge in [0, 0.05) is 28.0 Å².